The van der Waals surface area contributed by atoms with Gasteiger partial charge in [0.05, 0.1) is 29.5 Å². The number of nitrogens with one attached hydrogen (secondary N) is 1. The van der Waals surface area contributed by atoms with Gasteiger partial charge in [-0.05, 0) is 36.4 Å². The fourth-order valence-corrected chi connectivity index (χ4v) is 3.13. The lowest BCUT2D eigenvalue weighted by Gasteiger charge is -2.06. The Morgan fingerprint density at radius 2 is 1.95 bits per heavy atom. The molecule has 0 saturated heterocycles. The van der Waals surface area contributed by atoms with Crippen molar-refractivity contribution in [2.75, 3.05) is 19.5 Å². The van der Waals surface area contributed by atoms with E-state index >= 15 is 0 Å². The van der Waals surface area contributed by atoms with Crippen LogP contribution >= 0.6 is 22.9 Å². The maximum Gasteiger partial charge on any atom is 0.188 e. The van der Waals surface area contributed by atoms with Crippen LogP contribution in [0.5, 0.6) is 11.5 Å². The molecule has 3 rings (SSSR count). The molecule has 0 unspecified atom stereocenters. The fraction of sp³-hybridized carbons (Fsp3) is 0.133. The lowest BCUT2D eigenvalue weighted by Crippen LogP contribution is -1.90. The van der Waals surface area contributed by atoms with Gasteiger partial charge < -0.3 is 14.8 Å². The predicted octanol–water partition coefficient (Wildman–Crippen LogP) is 4.71. The minimum atomic E-state index is 0.560. The number of benzene rings is 2. The molecule has 1 aromatic heterocycles. The molecule has 108 valence electrons. The Labute approximate surface area is 131 Å². The van der Waals surface area contributed by atoms with Gasteiger partial charge in [0.2, 0.25) is 0 Å². The van der Waals surface area contributed by atoms with Crippen molar-refractivity contribution in [3.05, 3.63) is 41.4 Å². The van der Waals surface area contributed by atoms with Crippen molar-refractivity contribution in [1.29, 1.82) is 0 Å². The Morgan fingerprint density at radius 3 is 2.67 bits per heavy atom. The number of thiazole rings is 1. The third-order valence-electron chi connectivity index (χ3n) is 3.00. The van der Waals surface area contributed by atoms with E-state index < -0.39 is 0 Å². The van der Waals surface area contributed by atoms with Crippen molar-refractivity contribution < 1.29 is 9.47 Å². The quantitative estimate of drug-likeness (QED) is 0.756. The second kappa shape index (κ2) is 5.79. The first-order valence-corrected chi connectivity index (χ1v) is 7.44. The van der Waals surface area contributed by atoms with E-state index in [-0.39, 0.29) is 0 Å². The molecule has 0 aliphatic heterocycles. The number of anilines is 2. The Morgan fingerprint density at radius 1 is 1.10 bits per heavy atom. The highest BCUT2D eigenvalue weighted by molar-refractivity contribution is 7.22. The van der Waals surface area contributed by atoms with Crippen molar-refractivity contribution in [3.8, 4) is 11.5 Å². The van der Waals surface area contributed by atoms with Gasteiger partial charge in [-0.25, -0.2) is 4.98 Å². The number of hydrogen-bond acceptors (Lipinski definition) is 5. The number of halogens is 1. The highest BCUT2D eigenvalue weighted by atomic mass is 35.5. The number of hydrogen-bond donors (Lipinski definition) is 1. The van der Waals surface area contributed by atoms with Gasteiger partial charge in [0.1, 0.15) is 11.5 Å². The van der Waals surface area contributed by atoms with Gasteiger partial charge in [-0.15, -0.1) is 0 Å². The molecular weight excluding hydrogens is 308 g/mol. The summed E-state index contributed by atoms with van der Waals surface area (Å²) in [6.07, 6.45) is 0. The van der Waals surface area contributed by atoms with Crippen molar-refractivity contribution in [3.63, 3.8) is 0 Å². The maximum absolute atomic E-state index is 6.12. The number of ether oxygens (including phenoxy) is 2. The van der Waals surface area contributed by atoms with Crippen LogP contribution < -0.4 is 14.8 Å². The van der Waals surface area contributed by atoms with E-state index in [2.05, 4.69) is 10.3 Å². The summed E-state index contributed by atoms with van der Waals surface area (Å²) in [6, 6.07) is 11.3. The molecule has 0 aliphatic carbocycles. The van der Waals surface area contributed by atoms with E-state index in [1.165, 1.54) is 0 Å². The molecule has 0 saturated carbocycles. The monoisotopic (exact) mass is 320 g/mol. The summed E-state index contributed by atoms with van der Waals surface area (Å²) >= 11 is 7.68. The molecule has 21 heavy (non-hydrogen) atoms. The molecule has 0 bridgehead atoms. The third kappa shape index (κ3) is 2.89. The van der Waals surface area contributed by atoms with Crippen LogP contribution in [0.25, 0.3) is 10.2 Å². The van der Waals surface area contributed by atoms with Crippen LogP contribution in [0.2, 0.25) is 5.02 Å². The topological polar surface area (TPSA) is 43.4 Å². The molecule has 3 aromatic rings. The first-order valence-electron chi connectivity index (χ1n) is 6.25. The van der Waals surface area contributed by atoms with Crippen LogP contribution in [0.3, 0.4) is 0 Å². The molecule has 4 nitrogen and oxygen atoms in total. The van der Waals surface area contributed by atoms with E-state index in [4.69, 9.17) is 21.1 Å². The van der Waals surface area contributed by atoms with Crippen molar-refractivity contribution in [2.45, 2.75) is 0 Å². The molecule has 2 aromatic carbocycles. The molecule has 0 radical (unpaired) electrons. The van der Waals surface area contributed by atoms with Crippen molar-refractivity contribution >= 4 is 44.0 Å². The van der Waals surface area contributed by atoms with Gasteiger partial charge in [0.15, 0.2) is 5.13 Å². The van der Waals surface area contributed by atoms with Crippen LogP contribution in [0.15, 0.2) is 36.4 Å². The largest absolute Gasteiger partial charge is 0.497 e. The molecule has 1 heterocycles. The molecule has 0 atom stereocenters. The van der Waals surface area contributed by atoms with Crippen molar-refractivity contribution in [1.82, 2.24) is 4.98 Å². The molecular formula is C15H13ClN2O2S. The second-order valence-corrected chi connectivity index (χ2v) is 5.76. The molecule has 0 aliphatic rings. The number of fused-ring (bicyclic) bond motifs is 1. The average Bonchev–Trinajstić information content (AvgIpc) is 2.88. The van der Waals surface area contributed by atoms with E-state index in [1.54, 1.807) is 25.6 Å². The van der Waals surface area contributed by atoms with E-state index in [0.717, 1.165) is 26.8 Å². The summed E-state index contributed by atoms with van der Waals surface area (Å²) in [4.78, 5) is 4.53. The highest BCUT2D eigenvalue weighted by Crippen LogP contribution is 2.33. The second-order valence-electron chi connectivity index (χ2n) is 4.33. The van der Waals surface area contributed by atoms with Crippen LogP contribution in [0.1, 0.15) is 0 Å². The Kier molecular flexibility index (Phi) is 3.86. The van der Waals surface area contributed by atoms with Gasteiger partial charge in [-0.1, -0.05) is 22.9 Å². The van der Waals surface area contributed by atoms with Gasteiger partial charge in [0.25, 0.3) is 0 Å². The molecule has 1 N–H and O–H groups in total. The molecule has 0 spiro atoms. The summed E-state index contributed by atoms with van der Waals surface area (Å²) in [5.74, 6) is 1.47. The third-order valence-corrected chi connectivity index (χ3v) is 4.23. The summed E-state index contributed by atoms with van der Waals surface area (Å²) in [5.41, 5.74) is 1.80. The SMILES string of the molecule is COc1ccc2nc(Nc3ccc(OC)c(Cl)c3)sc2c1. The van der Waals surface area contributed by atoms with Gasteiger partial charge in [-0.3, -0.25) is 0 Å². The van der Waals surface area contributed by atoms with Crippen molar-refractivity contribution in [2.24, 2.45) is 0 Å². The average molecular weight is 321 g/mol. The highest BCUT2D eigenvalue weighted by Gasteiger charge is 2.07. The van der Waals surface area contributed by atoms with E-state index in [9.17, 15) is 0 Å². The zero-order valence-electron chi connectivity index (χ0n) is 11.5. The van der Waals surface area contributed by atoms with Crippen LogP contribution in [0.4, 0.5) is 10.8 Å². The minimum absolute atomic E-state index is 0.560. The smallest absolute Gasteiger partial charge is 0.188 e. The number of nitrogens with zero attached hydrogens (tertiary/aromatic N) is 1. The molecule has 0 fully saturated rings. The molecule has 0 amide bonds. The Hall–Kier alpha value is -1.98. The first-order chi connectivity index (χ1) is 10.2. The van der Waals surface area contributed by atoms with E-state index in [1.807, 2.05) is 36.4 Å². The summed E-state index contributed by atoms with van der Waals surface area (Å²) in [5, 5.41) is 4.62. The summed E-state index contributed by atoms with van der Waals surface area (Å²) in [7, 11) is 3.25. The zero-order chi connectivity index (χ0) is 14.8. The van der Waals surface area contributed by atoms with E-state index in [0.29, 0.717) is 10.8 Å². The lowest BCUT2D eigenvalue weighted by atomic mass is 10.3. The summed E-state index contributed by atoms with van der Waals surface area (Å²) in [6.45, 7) is 0. The van der Waals surface area contributed by atoms with Crippen LogP contribution in [-0.4, -0.2) is 19.2 Å². The predicted molar refractivity (Wildman–Crippen MR) is 87.5 cm³/mol. The normalized spacial score (nSPS) is 10.6. The summed E-state index contributed by atoms with van der Waals surface area (Å²) < 4.78 is 11.4. The van der Waals surface area contributed by atoms with Crippen LogP contribution in [0, 0.1) is 0 Å². The van der Waals surface area contributed by atoms with Gasteiger partial charge in [-0.2, -0.15) is 0 Å². The first kappa shape index (κ1) is 14.0. The van der Waals surface area contributed by atoms with Gasteiger partial charge >= 0.3 is 0 Å². The number of methoxy groups -OCH3 is 2. The van der Waals surface area contributed by atoms with Crippen LogP contribution in [-0.2, 0) is 0 Å². The number of aromatic nitrogens is 1. The minimum Gasteiger partial charge on any atom is -0.497 e. The Bertz CT molecular complexity index is 788. The standard InChI is InChI=1S/C15H13ClN2O2S/c1-19-10-4-5-12-14(8-10)21-15(18-12)17-9-3-6-13(20-2)11(16)7-9/h3-8H,1-2H3,(H,17,18). The Balaban J connectivity index is 1.89. The zero-order valence-corrected chi connectivity index (χ0v) is 13.1. The molecule has 6 heteroatoms. The van der Waals surface area contributed by atoms with Gasteiger partial charge in [0, 0.05) is 5.69 Å². The fourth-order valence-electron chi connectivity index (χ4n) is 1.95. The number of rotatable bonds is 4. The lowest BCUT2D eigenvalue weighted by molar-refractivity contribution is 0.415. The maximum atomic E-state index is 6.12.